The van der Waals surface area contributed by atoms with Gasteiger partial charge < -0.3 is 19.7 Å². The van der Waals surface area contributed by atoms with Crippen LogP contribution in [-0.2, 0) is 29.0 Å². The van der Waals surface area contributed by atoms with E-state index in [1.807, 2.05) is 48.5 Å². The highest BCUT2D eigenvalue weighted by atomic mass is 35.5. The number of methoxy groups -OCH3 is 2. The lowest BCUT2D eigenvalue weighted by Gasteiger charge is -2.33. The molecular formula is C32H36Cl2N2O4. The van der Waals surface area contributed by atoms with Gasteiger partial charge in [-0.25, -0.2) is 0 Å². The van der Waals surface area contributed by atoms with Gasteiger partial charge in [-0.2, -0.15) is 0 Å². The molecule has 3 aromatic carbocycles. The van der Waals surface area contributed by atoms with Crippen molar-refractivity contribution in [3.63, 3.8) is 0 Å². The van der Waals surface area contributed by atoms with Crippen molar-refractivity contribution >= 4 is 35.0 Å². The molecule has 0 saturated heterocycles. The number of nitrogens with one attached hydrogen (secondary N) is 1. The fourth-order valence-corrected chi connectivity index (χ4v) is 5.72. The molecule has 212 valence electrons. The van der Waals surface area contributed by atoms with E-state index in [4.69, 9.17) is 32.7 Å². The van der Waals surface area contributed by atoms with Gasteiger partial charge in [0, 0.05) is 41.0 Å². The molecule has 0 heterocycles. The predicted molar refractivity (Wildman–Crippen MR) is 159 cm³/mol. The molecule has 0 aliphatic heterocycles. The molecule has 8 heteroatoms. The zero-order valence-electron chi connectivity index (χ0n) is 23.0. The molecule has 1 aliphatic carbocycles. The van der Waals surface area contributed by atoms with Crippen molar-refractivity contribution in [3.8, 4) is 11.5 Å². The lowest BCUT2D eigenvalue weighted by atomic mass is 10.0. The van der Waals surface area contributed by atoms with Crippen LogP contribution in [0.5, 0.6) is 11.5 Å². The average molecular weight is 584 g/mol. The summed E-state index contributed by atoms with van der Waals surface area (Å²) in [6, 6.07) is 20.0. The highest BCUT2D eigenvalue weighted by molar-refractivity contribution is 6.36. The van der Waals surface area contributed by atoms with E-state index >= 15 is 0 Å². The predicted octanol–water partition coefficient (Wildman–Crippen LogP) is 6.64. The maximum Gasteiger partial charge on any atom is 0.243 e. The summed E-state index contributed by atoms with van der Waals surface area (Å²) in [7, 11) is 3.17. The summed E-state index contributed by atoms with van der Waals surface area (Å²) in [5.41, 5.74) is 2.52. The normalized spacial score (nSPS) is 14.0. The Morgan fingerprint density at radius 1 is 0.900 bits per heavy atom. The Balaban J connectivity index is 1.64. The second kappa shape index (κ2) is 14.4. The van der Waals surface area contributed by atoms with Crippen molar-refractivity contribution < 1.29 is 19.1 Å². The van der Waals surface area contributed by atoms with Crippen molar-refractivity contribution in [3.05, 3.63) is 93.5 Å². The van der Waals surface area contributed by atoms with Gasteiger partial charge in [0.1, 0.15) is 6.04 Å². The second-order valence-electron chi connectivity index (χ2n) is 10.1. The van der Waals surface area contributed by atoms with Crippen LogP contribution in [0.2, 0.25) is 10.0 Å². The molecular weight excluding hydrogens is 547 g/mol. The van der Waals surface area contributed by atoms with E-state index in [1.165, 1.54) is 0 Å². The van der Waals surface area contributed by atoms with E-state index in [1.54, 1.807) is 37.3 Å². The number of aryl methyl sites for hydroxylation is 1. The van der Waals surface area contributed by atoms with Crippen LogP contribution in [0.25, 0.3) is 0 Å². The van der Waals surface area contributed by atoms with E-state index in [0.29, 0.717) is 39.9 Å². The number of carbonyl (C=O) groups is 2. The molecule has 0 unspecified atom stereocenters. The van der Waals surface area contributed by atoms with Crippen molar-refractivity contribution in [2.24, 2.45) is 0 Å². The SMILES string of the molecule is COc1ccc(CCC(=O)N(Cc2c(Cl)cccc2Cl)[C@@H](Cc2ccccc2)C(=O)NC2CCCC2)cc1OC. The molecule has 3 aromatic rings. The fourth-order valence-electron chi connectivity index (χ4n) is 5.21. The summed E-state index contributed by atoms with van der Waals surface area (Å²) in [5, 5.41) is 4.14. The molecule has 1 saturated carbocycles. The number of ether oxygens (including phenoxy) is 2. The Hall–Kier alpha value is -3.22. The summed E-state index contributed by atoms with van der Waals surface area (Å²) in [4.78, 5) is 29.5. The van der Waals surface area contributed by atoms with Gasteiger partial charge in [-0.15, -0.1) is 0 Å². The van der Waals surface area contributed by atoms with Crippen LogP contribution >= 0.6 is 23.2 Å². The molecule has 6 nitrogen and oxygen atoms in total. The summed E-state index contributed by atoms with van der Waals surface area (Å²) < 4.78 is 10.8. The topological polar surface area (TPSA) is 67.9 Å². The van der Waals surface area contributed by atoms with Gasteiger partial charge in [0.05, 0.1) is 14.2 Å². The third kappa shape index (κ3) is 7.70. The molecule has 1 aliphatic rings. The molecule has 0 spiro atoms. The quantitative estimate of drug-likeness (QED) is 0.260. The van der Waals surface area contributed by atoms with Gasteiger partial charge in [-0.05, 0) is 54.7 Å². The lowest BCUT2D eigenvalue weighted by Crippen LogP contribution is -2.52. The molecule has 1 N–H and O–H groups in total. The largest absolute Gasteiger partial charge is 0.493 e. The van der Waals surface area contributed by atoms with Crippen LogP contribution in [0.3, 0.4) is 0 Å². The van der Waals surface area contributed by atoms with Crippen LogP contribution in [0.4, 0.5) is 0 Å². The minimum Gasteiger partial charge on any atom is -0.493 e. The van der Waals surface area contributed by atoms with Crippen LogP contribution in [0, 0.1) is 0 Å². The molecule has 0 bridgehead atoms. The minimum absolute atomic E-state index is 0.124. The first-order valence-electron chi connectivity index (χ1n) is 13.7. The Labute approximate surface area is 246 Å². The van der Waals surface area contributed by atoms with Crippen molar-refractivity contribution in [1.29, 1.82) is 0 Å². The van der Waals surface area contributed by atoms with Crippen LogP contribution < -0.4 is 14.8 Å². The maximum atomic E-state index is 14.0. The first kappa shape index (κ1) is 29.8. The first-order chi connectivity index (χ1) is 19.4. The number of amides is 2. The molecule has 4 rings (SSSR count). The molecule has 0 aromatic heterocycles. The fraction of sp³-hybridized carbons (Fsp3) is 0.375. The van der Waals surface area contributed by atoms with Gasteiger partial charge in [0.25, 0.3) is 0 Å². The van der Waals surface area contributed by atoms with Crippen LogP contribution in [0.15, 0.2) is 66.7 Å². The van der Waals surface area contributed by atoms with Gasteiger partial charge >= 0.3 is 0 Å². The standard InChI is InChI=1S/C32H36Cl2N2O4/c1-39-29-17-15-23(20-30(29)40-2)16-18-31(37)36(21-25-26(33)13-8-14-27(25)34)28(19-22-9-4-3-5-10-22)32(38)35-24-11-6-7-12-24/h3-5,8-10,13-15,17,20,24,28H,6-7,11-12,16,18-19,21H2,1-2H3,(H,35,38)/t28-/m0/s1. The maximum absolute atomic E-state index is 14.0. The molecule has 1 fully saturated rings. The van der Waals surface area contributed by atoms with Crippen molar-refractivity contribution in [1.82, 2.24) is 10.2 Å². The number of nitrogens with zero attached hydrogens (tertiary/aromatic N) is 1. The number of halogens is 2. The Morgan fingerprint density at radius 3 is 2.23 bits per heavy atom. The van der Waals surface area contributed by atoms with E-state index in [2.05, 4.69) is 5.32 Å². The van der Waals surface area contributed by atoms with E-state index in [0.717, 1.165) is 36.8 Å². The van der Waals surface area contributed by atoms with E-state index in [9.17, 15) is 9.59 Å². The summed E-state index contributed by atoms with van der Waals surface area (Å²) in [6.07, 6.45) is 5.13. The van der Waals surface area contributed by atoms with Crippen LogP contribution in [0.1, 0.15) is 48.8 Å². The minimum atomic E-state index is -0.728. The number of hydrogen-bond donors (Lipinski definition) is 1. The summed E-state index contributed by atoms with van der Waals surface area (Å²) in [6.45, 7) is 0.124. The summed E-state index contributed by atoms with van der Waals surface area (Å²) in [5.74, 6) is 0.913. The van der Waals surface area contributed by atoms with Crippen molar-refractivity contribution in [2.45, 2.75) is 63.6 Å². The second-order valence-corrected chi connectivity index (χ2v) is 10.9. The van der Waals surface area contributed by atoms with Gasteiger partial charge in [-0.1, -0.05) is 78.5 Å². The molecule has 2 amide bonds. The number of hydrogen-bond acceptors (Lipinski definition) is 4. The zero-order valence-corrected chi connectivity index (χ0v) is 24.5. The third-order valence-corrected chi connectivity index (χ3v) is 8.15. The molecule has 0 radical (unpaired) electrons. The Kier molecular flexibility index (Phi) is 10.7. The summed E-state index contributed by atoms with van der Waals surface area (Å²) >= 11 is 13.1. The van der Waals surface area contributed by atoms with Gasteiger partial charge in [0.15, 0.2) is 11.5 Å². The highest BCUT2D eigenvalue weighted by Crippen LogP contribution is 2.30. The zero-order chi connectivity index (χ0) is 28.5. The molecule has 40 heavy (non-hydrogen) atoms. The smallest absolute Gasteiger partial charge is 0.243 e. The highest BCUT2D eigenvalue weighted by Gasteiger charge is 2.32. The monoisotopic (exact) mass is 582 g/mol. The van der Waals surface area contributed by atoms with E-state index in [-0.39, 0.29) is 30.8 Å². The van der Waals surface area contributed by atoms with Crippen molar-refractivity contribution in [2.75, 3.05) is 14.2 Å². The number of benzene rings is 3. The first-order valence-corrected chi connectivity index (χ1v) is 14.4. The van der Waals surface area contributed by atoms with Crippen LogP contribution in [-0.4, -0.2) is 43.0 Å². The number of rotatable bonds is 12. The Morgan fingerprint density at radius 2 is 1.57 bits per heavy atom. The lowest BCUT2D eigenvalue weighted by molar-refractivity contribution is -0.141. The van der Waals surface area contributed by atoms with E-state index < -0.39 is 6.04 Å². The third-order valence-electron chi connectivity index (χ3n) is 7.44. The number of carbonyl (C=O) groups excluding carboxylic acids is 2. The van der Waals surface area contributed by atoms with Gasteiger partial charge in [-0.3, -0.25) is 9.59 Å². The van der Waals surface area contributed by atoms with Gasteiger partial charge in [0.2, 0.25) is 11.8 Å². The average Bonchev–Trinajstić information content (AvgIpc) is 3.48. The Bertz CT molecular complexity index is 1280. The molecule has 1 atom stereocenters.